The van der Waals surface area contributed by atoms with Gasteiger partial charge in [-0.15, -0.1) is 0 Å². The van der Waals surface area contributed by atoms with Crippen molar-refractivity contribution in [3.8, 4) is 11.5 Å². The van der Waals surface area contributed by atoms with Gasteiger partial charge in [0.15, 0.2) is 0 Å². The zero-order valence-corrected chi connectivity index (χ0v) is 12.5. The SMILES string of the molecule is COc1ccc(C(=S)NCc2cccc(Cl)c2)c(O)c1. The highest BCUT2D eigenvalue weighted by Crippen LogP contribution is 2.23. The Labute approximate surface area is 128 Å². The van der Waals surface area contributed by atoms with E-state index in [-0.39, 0.29) is 5.75 Å². The third-order valence-corrected chi connectivity index (χ3v) is 3.39. The van der Waals surface area contributed by atoms with E-state index in [2.05, 4.69) is 5.32 Å². The van der Waals surface area contributed by atoms with E-state index in [9.17, 15) is 5.11 Å². The Morgan fingerprint density at radius 2 is 2.10 bits per heavy atom. The minimum atomic E-state index is 0.0907. The number of methoxy groups -OCH3 is 1. The highest BCUT2D eigenvalue weighted by molar-refractivity contribution is 7.80. The Morgan fingerprint density at radius 1 is 1.30 bits per heavy atom. The van der Waals surface area contributed by atoms with E-state index in [1.54, 1.807) is 19.2 Å². The van der Waals surface area contributed by atoms with Crippen LogP contribution >= 0.6 is 23.8 Å². The largest absolute Gasteiger partial charge is 0.507 e. The molecule has 0 saturated heterocycles. The molecule has 0 aromatic heterocycles. The number of benzene rings is 2. The van der Waals surface area contributed by atoms with Gasteiger partial charge in [0.05, 0.1) is 12.7 Å². The lowest BCUT2D eigenvalue weighted by atomic mass is 10.1. The van der Waals surface area contributed by atoms with Gasteiger partial charge in [0.2, 0.25) is 0 Å². The van der Waals surface area contributed by atoms with Crippen molar-refractivity contribution in [3.05, 3.63) is 58.6 Å². The number of hydrogen-bond acceptors (Lipinski definition) is 3. The maximum Gasteiger partial charge on any atom is 0.129 e. The van der Waals surface area contributed by atoms with Crippen LogP contribution in [0.15, 0.2) is 42.5 Å². The van der Waals surface area contributed by atoms with Gasteiger partial charge in [-0.1, -0.05) is 36.0 Å². The molecule has 2 aromatic carbocycles. The number of halogens is 1. The van der Waals surface area contributed by atoms with Crippen LogP contribution in [0.25, 0.3) is 0 Å². The Kier molecular flexibility index (Phi) is 4.82. The molecule has 0 amide bonds. The van der Waals surface area contributed by atoms with Gasteiger partial charge in [0.1, 0.15) is 16.5 Å². The fourth-order valence-electron chi connectivity index (χ4n) is 1.75. The minimum Gasteiger partial charge on any atom is -0.507 e. The van der Waals surface area contributed by atoms with Crippen molar-refractivity contribution in [1.29, 1.82) is 0 Å². The fourth-order valence-corrected chi connectivity index (χ4v) is 2.21. The van der Waals surface area contributed by atoms with E-state index in [0.717, 1.165) is 5.56 Å². The number of aromatic hydroxyl groups is 1. The Hall–Kier alpha value is -1.78. The Bertz CT molecular complexity index is 631. The predicted octanol–water partition coefficient (Wildman–Crippen LogP) is 3.52. The molecule has 2 N–H and O–H groups in total. The molecule has 0 fully saturated rings. The van der Waals surface area contributed by atoms with Crippen LogP contribution in [0, 0.1) is 0 Å². The summed E-state index contributed by atoms with van der Waals surface area (Å²) in [6, 6.07) is 12.5. The molecule has 0 unspecified atom stereocenters. The molecule has 0 aliphatic carbocycles. The van der Waals surface area contributed by atoms with Crippen LogP contribution in [-0.2, 0) is 6.54 Å². The summed E-state index contributed by atoms with van der Waals surface area (Å²) >= 11 is 11.2. The molecule has 2 rings (SSSR count). The number of rotatable bonds is 4. The average molecular weight is 308 g/mol. The third-order valence-electron chi connectivity index (χ3n) is 2.79. The van der Waals surface area contributed by atoms with Crippen LogP contribution in [0.4, 0.5) is 0 Å². The molecule has 20 heavy (non-hydrogen) atoms. The summed E-state index contributed by atoms with van der Waals surface area (Å²) in [5, 5.41) is 13.7. The van der Waals surface area contributed by atoms with Gasteiger partial charge in [-0.3, -0.25) is 0 Å². The first-order chi connectivity index (χ1) is 9.60. The third kappa shape index (κ3) is 3.62. The van der Waals surface area contributed by atoms with Crippen molar-refractivity contribution in [3.63, 3.8) is 0 Å². The van der Waals surface area contributed by atoms with Crippen LogP contribution in [-0.4, -0.2) is 17.2 Å². The van der Waals surface area contributed by atoms with Gasteiger partial charge in [-0.25, -0.2) is 0 Å². The van der Waals surface area contributed by atoms with Crippen LogP contribution in [0.1, 0.15) is 11.1 Å². The molecule has 2 aromatic rings. The van der Waals surface area contributed by atoms with Crippen LogP contribution < -0.4 is 10.1 Å². The standard InChI is InChI=1S/C15H14ClNO2S/c1-19-12-5-6-13(14(18)8-12)15(20)17-9-10-3-2-4-11(16)7-10/h2-8,18H,9H2,1H3,(H,17,20). The second-order valence-electron chi connectivity index (χ2n) is 4.20. The lowest BCUT2D eigenvalue weighted by Gasteiger charge is -2.11. The van der Waals surface area contributed by atoms with Crippen LogP contribution in [0.2, 0.25) is 5.02 Å². The summed E-state index contributed by atoms with van der Waals surface area (Å²) < 4.78 is 5.03. The van der Waals surface area contributed by atoms with E-state index in [4.69, 9.17) is 28.6 Å². The van der Waals surface area contributed by atoms with Crippen molar-refractivity contribution in [2.45, 2.75) is 6.54 Å². The summed E-state index contributed by atoms with van der Waals surface area (Å²) in [7, 11) is 1.55. The Morgan fingerprint density at radius 3 is 2.75 bits per heavy atom. The summed E-state index contributed by atoms with van der Waals surface area (Å²) in [6.45, 7) is 0.546. The van der Waals surface area contributed by atoms with Crippen LogP contribution in [0.5, 0.6) is 11.5 Å². The fraction of sp³-hybridized carbons (Fsp3) is 0.133. The van der Waals surface area contributed by atoms with Gasteiger partial charge < -0.3 is 15.2 Å². The summed E-state index contributed by atoms with van der Waals surface area (Å²) in [5.41, 5.74) is 1.59. The molecule has 3 nitrogen and oxygen atoms in total. The summed E-state index contributed by atoms with van der Waals surface area (Å²) in [6.07, 6.45) is 0. The zero-order valence-electron chi connectivity index (χ0n) is 10.9. The molecule has 5 heteroatoms. The lowest BCUT2D eigenvalue weighted by molar-refractivity contribution is 0.407. The molecular formula is C15H14ClNO2S. The van der Waals surface area contributed by atoms with Gasteiger partial charge in [0, 0.05) is 17.6 Å². The van der Waals surface area contributed by atoms with Crippen molar-refractivity contribution in [2.24, 2.45) is 0 Å². The quantitative estimate of drug-likeness (QED) is 0.848. The monoisotopic (exact) mass is 307 g/mol. The highest BCUT2D eigenvalue weighted by Gasteiger charge is 2.08. The molecule has 104 valence electrons. The van der Waals surface area contributed by atoms with Gasteiger partial charge in [-0.2, -0.15) is 0 Å². The maximum atomic E-state index is 9.91. The molecule has 0 saturated carbocycles. The van der Waals surface area contributed by atoms with Gasteiger partial charge in [0.25, 0.3) is 0 Å². The smallest absolute Gasteiger partial charge is 0.129 e. The number of phenolic OH excluding ortho intramolecular Hbond substituents is 1. The second kappa shape index (κ2) is 6.59. The zero-order chi connectivity index (χ0) is 14.5. The number of nitrogens with one attached hydrogen (secondary N) is 1. The minimum absolute atomic E-state index is 0.0907. The van der Waals surface area contributed by atoms with E-state index in [1.807, 2.05) is 24.3 Å². The Balaban J connectivity index is 2.05. The molecular weight excluding hydrogens is 294 g/mol. The normalized spacial score (nSPS) is 10.1. The molecule has 0 aliphatic heterocycles. The summed E-state index contributed by atoms with van der Waals surface area (Å²) in [5.74, 6) is 0.678. The van der Waals surface area contributed by atoms with Crippen LogP contribution in [0.3, 0.4) is 0 Å². The molecule has 0 spiro atoms. The molecule has 0 radical (unpaired) electrons. The predicted molar refractivity (Wildman–Crippen MR) is 84.7 cm³/mol. The van der Waals surface area contributed by atoms with Crippen molar-refractivity contribution in [1.82, 2.24) is 5.32 Å². The lowest BCUT2D eigenvalue weighted by Crippen LogP contribution is -2.21. The van der Waals surface area contributed by atoms with Gasteiger partial charge in [-0.05, 0) is 29.8 Å². The molecule has 0 aliphatic rings. The first-order valence-electron chi connectivity index (χ1n) is 6.00. The highest BCUT2D eigenvalue weighted by atomic mass is 35.5. The first kappa shape index (κ1) is 14.6. The molecule has 0 bridgehead atoms. The van der Waals surface area contributed by atoms with Crippen molar-refractivity contribution >= 4 is 28.8 Å². The maximum absolute atomic E-state index is 9.91. The van der Waals surface area contributed by atoms with Gasteiger partial charge >= 0.3 is 0 Å². The molecule has 0 atom stereocenters. The molecule has 0 heterocycles. The van der Waals surface area contributed by atoms with E-state index >= 15 is 0 Å². The number of ether oxygens (including phenoxy) is 1. The van der Waals surface area contributed by atoms with E-state index in [0.29, 0.717) is 27.9 Å². The number of phenols is 1. The van der Waals surface area contributed by atoms with E-state index < -0.39 is 0 Å². The average Bonchev–Trinajstić information content (AvgIpc) is 2.44. The number of thiocarbonyl (C=S) groups is 1. The van der Waals surface area contributed by atoms with Crippen molar-refractivity contribution in [2.75, 3.05) is 7.11 Å². The number of hydrogen-bond donors (Lipinski definition) is 2. The topological polar surface area (TPSA) is 41.5 Å². The van der Waals surface area contributed by atoms with Crippen molar-refractivity contribution < 1.29 is 9.84 Å². The summed E-state index contributed by atoms with van der Waals surface area (Å²) in [4.78, 5) is 0.477. The first-order valence-corrected chi connectivity index (χ1v) is 6.78. The van der Waals surface area contributed by atoms with E-state index in [1.165, 1.54) is 6.07 Å². The second-order valence-corrected chi connectivity index (χ2v) is 5.04.